The van der Waals surface area contributed by atoms with Crippen LogP contribution in [0.4, 0.5) is 10.1 Å². The van der Waals surface area contributed by atoms with E-state index < -0.39 is 15.8 Å². The quantitative estimate of drug-likeness (QED) is 0.883. The zero-order valence-corrected chi connectivity index (χ0v) is 13.1. The van der Waals surface area contributed by atoms with Crippen LogP contribution in [0.5, 0.6) is 0 Å². The Morgan fingerprint density at radius 3 is 2.33 bits per heavy atom. The Morgan fingerprint density at radius 1 is 1.29 bits per heavy atom. The van der Waals surface area contributed by atoms with Crippen LogP contribution in [0.15, 0.2) is 27.5 Å². The highest BCUT2D eigenvalue weighted by Crippen LogP contribution is 2.33. The van der Waals surface area contributed by atoms with Crippen LogP contribution >= 0.6 is 23.2 Å². The van der Waals surface area contributed by atoms with Gasteiger partial charge in [0, 0.05) is 6.07 Å². The normalized spacial score (nSPS) is 11.7. The molecule has 0 spiro atoms. The number of benzene rings is 1. The molecule has 0 aliphatic rings. The highest BCUT2D eigenvalue weighted by molar-refractivity contribution is 7.92. The van der Waals surface area contributed by atoms with E-state index in [4.69, 9.17) is 33.4 Å². The Labute approximate surface area is 130 Å². The minimum Gasteiger partial charge on any atom is -0.464 e. The summed E-state index contributed by atoms with van der Waals surface area (Å²) >= 11 is 11.6. The second kappa shape index (κ2) is 5.84. The summed E-state index contributed by atoms with van der Waals surface area (Å²) in [5, 5.41) is -0.299. The molecule has 0 amide bonds. The third-order valence-corrected chi connectivity index (χ3v) is 4.71. The molecule has 3 N–H and O–H groups in total. The van der Waals surface area contributed by atoms with Gasteiger partial charge in [0.2, 0.25) is 0 Å². The first-order valence-electron chi connectivity index (χ1n) is 5.71. The van der Waals surface area contributed by atoms with Crippen LogP contribution in [0.2, 0.25) is 10.0 Å². The van der Waals surface area contributed by atoms with Gasteiger partial charge in [0.05, 0.1) is 22.3 Å². The molecule has 1 aromatic heterocycles. The third kappa shape index (κ3) is 3.32. The van der Waals surface area contributed by atoms with E-state index >= 15 is 0 Å². The second-order valence-electron chi connectivity index (χ2n) is 4.19. The summed E-state index contributed by atoms with van der Waals surface area (Å²) in [5.74, 6) is -0.167. The Bertz CT molecular complexity index is 767. The van der Waals surface area contributed by atoms with E-state index in [0.29, 0.717) is 5.76 Å². The van der Waals surface area contributed by atoms with E-state index in [9.17, 15) is 12.8 Å². The molecule has 2 rings (SSSR count). The Balaban J connectivity index is 2.44. The second-order valence-corrected chi connectivity index (χ2v) is 6.65. The predicted molar refractivity (Wildman–Crippen MR) is 78.6 cm³/mol. The van der Waals surface area contributed by atoms with Crippen molar-refractivity contribution in [2.75, 3.05) is 4.72 Å². The molecule has 5 nitrogen and oxygen atoms in total. The summed E-state index contributed by atoms with van der Waals surface area (Å²) in [6.07, 6.45) is 0. The van der Waals surface area contributed by atoms with Crippen molar-refractivity contribution in [3.63, 3.8) is 0 Å². The van der Waals surface area contributed by atoms with Gasteiger partial charge in [0.1, 0.15) is 22.2 Å². The smallest absolute Gasteiger partial charge is 0.265 e. The van der Waals surface area contributed by atoms with E-state index in [0.717, 1.165) is 12.1 Å². The number of hydrogen-bond donors (Lipinski definition) is 2. The van der Waals surface area contributed by atoms with Gasteiger partial charge in [-0.2, -0.15) is 0 Å². The van der Waals surface area contributed by atoms with Gasteiger partial charge in [-0.25, -0.2) is 12.8 Å². The molecule has 0 radical (unpaired) electrons. The van der Waals surface area contributed by atoms with Gasteiger partial charge in [0.15, 0.2) is 0 Å². The molecule has 21 heavy (non-hydrogen) atoms. The zero-order valence-electron chi connectivity index (χ0n) is 10.8. The molecule has 0 bridgehead atoms. The molecule has 0 unspecified atom stereocenters. The molecular weight excluding hydrogens is 342 g/mol. The number of halogens is 3. The maximum Gasteiger partial charge on any atom is 0.265 e. The molecule has 2 aromatic rings. The van der Waals surface area contributed by atoms with Gasteiger partial charge < -0.3 is 10.2 Å². The van der Waals surface area contributed by atoms with Crippen molar-refractivity contribution < 1.29 is 17.2 Å². The molecule has 1 aromatic carbocycles. The fourth-order valence-corrected chi connectivity index (χ4v) is 3.69. The molecule has 114 valence electrons. The van der Waals surface area contributed by atoms with E-state index in [1.54, 1.807) is 0 Å². The van der Waals surface area contributed by atoms with Crippen LogP contribution in [-0.4, -0.2) is 8.42 Å². The van der Waals surface area contributed by atoms with Gasteiger partial charge in [-0.3, -0.25) is 4.72 Å². The summed E-state index contributed by atoms with van der Waals surface area (Å²) < 4.78 is 45.2. The van der Waals surface area contributed by atoms with E-state index in [2.05, 4.69) is 4.72 Å². The van der Waals surface area contributed by atoms with Gasteiger partial charge in [0.25, 0.3) is 10.0 Å². The largest absolute Gasteiger partial charge is 0.464 e. The highest BCUT2D eigenvalue weighted by atomic mass is 35.5. The molecule has 1 heterocycles. The first kappa shape index (κ1) is 16.1. The summed E-state index contributed by atoms with van der Waals surface area (Å²) in [6.45, 7) is 1.55. The van der Waals surface area contributed by atoms with Crippen LogP contribution in [0.25, 0.3) is 0 Å². The van der Waals surface area contributed by atoms with Crippen molar-refractivity contribution in [1.29, 1.82) is 0 Å². The predicted octanol–water partition coefficient (Wildman–Crippen LogP) is 3.29. The number of hydrogen-bond acceptors (Lipinski definition) is 4. The first-order chi connectivity index (χ1) is 9.74. The maximum atomic E-state index is 13.1. The van der Waals surface area contributed by atoms with Crippen molar-refractivity contribution in [1.82, 2.24) is 0 Å². The van der Waals surface area contributed by atoms with Crippen LogP contribution in [-0.2, 0) is 16.6 Å². The van der Waals surface area contributed by atoms with Crippen LogP contribution in [0, 0.1) is 12.7 Å². The lowest BCUT2D eigenvalue weighted by atomic mass is 10.3. The number of aryl methyl sites for hydroxylation is 1. The van der Waals surface area contributed by atoms with Gasteiger partial charge in [-0.05, 0) is 19.1 Å². The molecule has 0 saturated heterocycles. The van der Waals surface area contributed by atoms with Crippen LogP contribution in [0.3, 0.4) is 0 Å². The molecule has 0 aliphatic carbocycles. The van der Waals surface area contributed by atoms with Crippen molar-refractivity contribution in [3.8, 4) is 0 Å². The number of anilines is 1. The number of furan rings is 1. The minimum atomic E-state index is -3.98. The van der Waals surface area contributed by atoms with E-state index in [1.165, 1.54) is 13.0 Å². The van der Waals surface area contributed by atoms with Crippen LogP contribution in [0.1, 0.15) is 11.5 Å². The fraction of sp³-hybridized carbons (Fsp3) is 0.167. The highest BCUT2D eigenvalue weighted by Gasteiger charge is 2.23. The SMILES string of the molecule is Cc1oc(CN)cc1S(=O)(=O)Nc1c(Cl)cc(F)cc1Cl. The summed E-state index contributed by atoms with van der Waals surface area (Å²) in [4.78, 5) is -0.0839. The fourth-order valence-electron chi connectivity index (χ4n) is 1.72. The lowest BCUT2D eigenvalue weighted by Gasteiger charge is -2.10. The summed E-state index contributed by atoms with van der Waals surface area (Å²) in [7, 11) is -3.98. The Morgan fingerprint density at radius 2 is 1.86 bits per heavy atom. The standard InChI is InChI=1S/C12H11Cl2FN2O3S/c1-6-11(4-8(5-16)20-6)21(18,19)17-12-9(13)2-7(15)3-10(12)14/h2-4,17H,5,16H2,1H3. The van der Waals surface area contributed by atoms with E-state index in [1.807, 2.05) is 0 Å². The lowest BCUT2D eigenvalue weighted by Crippen LogP contribution is -2.14. The Kier molecular flexibility index (Phi) is 4.48. The van der Waals surface area contributed by atoms with Gasteiger partial charge in [-0.1, -0.05) is 23.2 Å². The average Bonchev–Trinajstić information content (AvgIpc) is 2.76. The average molecular weight is 353 g/mol. The summed E-state index contributed by atoms with van der Waals surface area (Å²) in [5.41, 5.74) is 5.30. The number of nitrogens with one attached hydrogen (secondary N) is 1. The Hall–Kier alpha value is -1.28. The molecule has 0 saturated carbocycles. The number of rotatable bonds is 4. The van der Waals surface area contributed by atoms with Crippen LogP contribution < -0.4 is 10.5 Å². The van der Waals surface area contributed by atoms with Gasteiger partial charge >= 0.3 is 0 Å². The molecule has 0 atom stereocenters. The van der Waals surface area contributed by atoms with Crippen molar-refractivity contribution in [3.05, 3.63) is 45.6 Å². The van der Waals surface area contributed by atoms with Crippen molar-refractivity contribution >= 4 is 38.9 Å². The minimum absolute atomic E-state index is 0.0639. The molecule has 0 aliphatic heterocycles. The molecule has 9 heteroatoms. The molecule has 0 fully saturated rings. The van der Waals surface area contributed by atoms with Gasteiger partial charge in [-0.15, -0.1) is 0 Å². The van der Waals surface area contributed by atoms with Crippen molar-refractivity contribution in [2.45, 2.75) is 18.4 Å². The summed E-state index contributed by atoms with van der Waals surface area (Å²) in [6, 6.07) is 3.22. The topological polar surface area (TPSA) is 85.3 Å². The van der Waals surface area contributed by atoms with Crippen molar-refractivity contribution in [2.24, 2.45) is 5.73 Å². The third-order valence-electron chi connectivity index (χ3n) is 2.66. The first-order valence-corrected chi connectivity index (χ1v) is 7.95. The number of sulfonamides is 1. The van der Waals surface area contributed by atoms with E-state index in [-0.39, 0.29) is 32.9 Å². The molecular formula is C12H11Cl2FN2O3S. The number of nitrogens with two attached hydrogens (primary N) is 1. The lowest BCUT2D eigenvalue weighted by molar-refractivity contribution is 0.479. The monoisotopic (exact) mass is 352 g/mol. The maximum absolute atomic E-state index is 13.1. The zero-order chi connectivity index (χ0) is 15.8.